The van der Waals surface area contributed by atoms with E-state index in [2.05, 4.69) is 25.1 Å². The van der Waals surface area contributed by atoms with Gasteiger partial charge in [-0.3, -0.25) is 5.10 Å². The lowest BCUT2D eigenvalue weighted by molar-refractivity contribution is 0.437. The third kappa shape index (κ3) is 2.42. The molecule has 0 bridgehead atoms. The van der Waals surface area contributed by atoms with E-state index < -0.39 is 0 Å². The van der Waals surface area contributed by atoms with E-state index in [1.165, 1.54) is 0 Å². The van der Waals surface area contributed by atoms with Gasteiger partial charge in [0.05, 0.1) is 11.6 Å². The molecule has 16 heavy (non-hydrogen) atoms. The van der Waals surface area contributed by atoms with Gasteiger partial charge in [0.25, 0.3) is 0 Å². The van der Waals surface area contributed by atoms with E-state index >= 15 is 0 Å². The molecular formula is C9H14N6S. The molecule has 2 heterocycles. The number of nitrogens with two attached hydrogens (primary N) is 1. The van der Waals surface area contributed by atoms with Crippen LogP contribution in [0.3, 0.4) is 0 Å². The van der Waals surface area contributed by atoms with E-state index in [1.54, 1.807) is 18.0 Å². The molecule has 0 spiro atoms. The van der Waals surface area contributed by atoms with Crippen LogP contribution in [0.5, 0.6) is 0 Å². The zero-order valence-corrected chi connectivity index (χ0v) is 10.1. The van der Waals surface area contributed by atoms with E-state index in [1.807, 2.05) is 14.1 Å². The van der Waals surface area contributed by atoms with Crippen molar-refractivity contribution < 1.29 is 0 Å². The number of nitrogens with zero attached hydrogens (tertiary/aromatic N) is 4. The van der Waals surface area contributed by atoms with Gasteiger partial charge in [0.2, 0.25) is 5.95 Å². The van der Waals surface area contributed by atoms with E-state index in [4.69, 9.17) is 5.73 Å². The Morgan fingerprint density at radius 2 is 2.25 bits per heavy atom. The second kappa shape index (κ2) is 4.67. The van der Waals surface area contributed by atoms with Crippen LogP contribution in [-0.2, 0) is 0 Å². The Morgan fingerprint density at radius 3 is 3.00 bits per heavy atom. The minimum Gasteiger partial charge on any atom is -0.368 e. The van der Waals surface area contributed by atoms with Crippen molar-refractivity contribution >= 4 is 28.7 Å². The summed E-state index contributed by atoms with van der Waals surface area (Å²) in [5.41, 5.74) is 6.32. The monoisotopic (exact) mass is 238 g/mol. The average molecular weight is 238 g/mol. The first-order chi connectivity index (χ1) is 7.66. The van der Waals surface area contributed by atoms with Crippen LogP contribution in [0, 0.1) is 0 Å². The Kier molecular flexibility index (Phi) is 3.25. The summed E-state index contributed by atoms with van der Waals surface area (Å²) in [6.07, 6.45) is 1.73. The smallest absolute Gasteiger partial charge is 0.223 e. The van der Waals surface area contributed by atoms with Crippen molar-refractivity contribution in [2.45, 2.75) is 5.03 Å². The highest BCUT2D eigenvalue weighted by molar-refractivity contribution is 7.99. The lowest BCUT2D eigenvalue weighted by Gasteiger charge is -2.08. The van der Waals surface area contributed by atoms with Gasteiger partial charge in [0.15, 0.2) is 5.65 Å². The fourth-order valence-corrected chi connectivity index (χ4v) is 2.37. The number of fused-ring (bicyclic) bond motifs is 1. The first-order valence-electron chi connectivity index (χ1n) is 4.91. The molecule has 7 heteroatoms. The molecule has 0 aliphatic carbocycles. The molecular weight excluding hydrogens is 224 g/mol. The van der Waals surface area contributed by atoms with Crippen molar-refractivity contribution in [2.24, 2.45) is 0 Å². The number of nitrogens with one attached hydrogen (secondary N) is 1. The summed E-state index contributed by atoms with van der Waals surface area (Å²) < 4.78 is 0. The Labute approximate surface area is 97.6 Å². The normalized spacial score (nSPS) is 11.4. The van der Waals surface area contributed by atoms with E-state index in [0.717, 1.165) is 22.7 Å². The van der Waals surface area contributed by atoms with Crippen molar-refractivity contribution in [3.63, 3.8) is 0 Å². The molecule has 2 aromatic heterocycles. The molecule has 0 unspecified atom stereocenters. The van der Waals surface area contributed by atoms with Gasteiger partial charge in [-0.15, -0.1) is 11.8 Å². The molecule has 6 nitrogen and oxygen atoms in total. The van der Waals surface area contributed by atoms with E-state index in [9.17, 15) is 0 Å². The largest absolute Gasteiger partial charge is 0.368 e. The maximum Gasteiger partial charge on any atom is 0.223 e. The van der Waals surface area contributed by atoms with Gasteiger partial charge >= 0.3 is 0 Å². The first-order valence-corrected chi connectivity index (χ1v) is 5.89. The summed E-state index contributed by atoms with van der Waals surface area (Å²) in [5.74, 6) is 1.24. The average Bonchev–Trinajstić information content (AvgIpc) is 2.64. The molecule has 0 atom stereocenters. The lowest BCUT2D eigenvalue weighted by atomic mass is 10.4. The number of anilines is 1. The predicted molar refractivity (Wildman–Crippen MR) is 65.4 cm³/mol. The molecule has 0 aliphatic rings. The van der Waals surface area contributed by atoms with Crippen LogP contribution in [0.1, 0.15) is 0 Å². The molecule has 0 aromatic carbocycles. The van der Waals surface area contributed by atoms with Gasteiger partial charge in [-0.05, 0) is 14.1 Å². The molecule has 86 valence electrons. The summed E-state index contributed by atoms with van der Waals surface area (Å²) in [7, 11) is 4.09. The molecule has 2 rings (SSSR count). The second-order valence-corrected chi connectivity index (χ2v) is 4.75. The number of rotatable bonds is 4. The third-order valence-electron chi connectivity index (χ3n) is 2.07. The highest BCUT2D eigenvalue weighted by Gasteiger charge is 2.08. The van der Waals surface area contributed by atoms with Crippen LogP contribution >= 0.6 is 11.8 Å². The molecule has 2 aromatic rings. The van der Waals surface area contributed by atoms with Crippen LogP contribution in [0.2, 0.25) is 0 Å². The molecule has 0 aliphatic heterocycles. The third-order valence-corrected chi connectivity index (χ3v) is 3.04. The lowest BCUT2D eigenvalue weighted by Crippen LogP contribution is -2.14. The second-order valence-electron chi connectivity index (χ2n) is 3.67. The zero-order chi connectivity index (χ0) is 11.5. The fraction of sp³-hybridized carbons (Fsp3) is 0.444. The van der Waals surface area contributed by atoms with E-state index in [-0.39, 0.29) is 5.95 Å². The highest BCUT2D eigenvalue weighted by atomic mass is 32.2. The maximum atomic E-state index is 5.62. The molecule has 3 N–H and O–H groups in total. The quantitative estimate of drug-likeness (QED) is 0.599. The van der Waals surface area contributed by atoms with E-state index in [0.29, 0.717) is 5.65 Å². The summed E-state index contributed by atoms with van der Waals surface area (Å²) in [5, 5.41) is 8.55. The predicted octanol–water partition coefficient (Wildman–Crippen LogP) is 0.589. The van der Waals surface area contributed by atoms with Gasteiger partial charge in [-0.25, -0.2) is 4.98 Å². The number of hydrogen-bond donors (Lipinski definition) is 2. The van der Waals surface area contributed by atoms with Crippen LogP contribution in [0.4, 0.5) is 5.95 Å². The van der Waals surface area contributed by atoms with Crippen LogP contribution < -0.4 is 5.73 Å². The molecule has 0 saturated heterocycles. The summed E-state index contributed by atoms with van der Waals surface area (Å²) >= 11 is 1.66. The Balaban J connectivity index is 2.19. The van der Waals surface area contributed by atoms with Gasteiger partial charge in [0, 0.05) is 12.3 Å². The van der Waals surface area contributed by atoms with Crippen molar-refractivity contribution in [1.82, 2.24) is 25.1 Å². The minimum absolute atomic E-state index is 0.282. The van der Waals surface area contributed by atoms with Crippen molar-refractivity contribution in [2.75, 3.05) is 32.1 Å². The van der Waals surface area contributed by atoms with Crippen LogP contribution in [0.25, 0.3) is 11.0 Å². The Morgan fingerprint density at radius 1 is 1.44 bits per heavy atom. The summed E-state index contributed by atoms with van der Waals surface area (Å²) in [4.78, 5) is 10.4. The maximum absolute atomic E-state index is 5.62. The Hall–Kier alpha value is -1.34. The summed E-state index contributed by atoms with van der Waals surface area (Å²) in [6, 6.07) is 0. The van der Waals surface area contributed by atoms with Gasteiger partial charge in [-0.2, -0.15) is 10.1 Å². The minimum atomic E-state index is 0.282. The number of aromatic amines is 1. The van der Waals surface area contributed by atoms with Gasteiger partial charge in [-0.1, -0.05) is 0 Å². The van der Waals surface area contributed by atoms with Crippen LogP contribution in [-0.4, -0.2) is 51.5 Å². The SMILES string of the molecule is CN(C)CCSc1nc(N)nc2[nH]ncc12. The standard InChI is InChI=1S/C9H14N6S/c1-15(2)3-4-16-8-6-5-11-14-7(6)12-9(10)13-8/h5H,3-4H2,1-2H3,(H3,10,11,12,13,14). The van der Waals surface area contributed by atoms with Gasteiger partial charge in [0.1, 0.15) is 5.03 Å². The van der Waals surface area contributed by atoms with Crippen molar-refractivity contribution in [3.8, 4) is 0 Å². The summed E-state index contributed by atoms with van der Waals surface area (Å²) in [6.45, 7) is 0.994. The van der Waals surface area contributed by atoms with Gasteiger partial charge < -0.3 is 10.6 Å². The number of nitrogen functional groups attached to an aromatic ring is 1. The molecule has 0 amide bonds. The number of H-pyrrole nitrogens is 1. The highest BCUT2D eigenvalue weighted by Crippen LogP contribution is 2.24. The molecule has 0 fully saturated rings. The topological polar surface area (TPSA) is 83.7 Å². The molecule has 0 radical (unpaired) electrons. The van der Waals surface area contributed by atoms with Crippen molar-refractivity contribution in [3.05, 3.63) is 6.20 Å². The first kappa shape index (κ1) is 11.2. The molecule has 0 saturated carbocycles. The Bertz CT molecular complexity index is 480. The fourth-order valence-electron chi connectivity index (χ4n) is 1.26. The zero-order valence-electron chi connectivity index (χ0n) is 9.27. The number of thioether (sulfide) groups is 1. The number of hydrogen-bond acceptors (Lipinski definition) is 6. The number of aromatic nitrogens is 4. The van der Waals surface area contributed by atoms with Crippen LogP contribution in [0.15, 0.2) is 11.2 Å². The van der Waals surface area contributed by atoms with Crippen molar-refractivity contribution in [1.29, 1.82) is 0 Å².